The lowest BCUT2D eigenvalue weighted by molar-refractivity contribution is -0.120. The molecular weight excluding hydrogens is 214 g/mol. The molecule has 0 spiro atoms. The van der Waals surface area contributed by atoms with Gasteiger partial charge in [0, 0.05) is 6.54 Å². The van der Waals surface area contributed by atoms with Crippen molar-refractivity contribution in [2.75, 3.05) is 18.4 Å². The van der Waals surface area contributed by atoms with Gasteiger partial charge in [0.15, 0.2) is 0 Å². The van der Waals surface area contributed by atoms with Crippen LogP contribution in [-0.4, -0.2) is 19.0 Å². The van der Waals surface area contributed by atoms with Crippen LogP contribution in [0.25, 0.3) is 0 Å². The van der Waals surface area contributed by atoms with Crippen molar-refractivity contribution in [3.8, 4) is 6.07 Å². The Bertz CT molecular complexity index is 444. The number of hydrogen-bond donors (Lipinski definition) is 2. The summed E-state index contributed by atoms with van der Waals surface area (Å²) in [7, 11) is 0. The number of amides is 1. The van der Waals surface area contributed by atoms with Crippen molar-refractivity contribution in [2.45, 2.75) is 12.8 Å². The van der Waals surface area contributed by atoms with E-state index in [-0.39, 0.29) is 11.8 Å². The zero-order chi connectivity index (χ0) is 12.1. The highest BCUT2D eigenvalue weighted by molar-refractivity contribution is 5.94. The highest BCUT2D eigenvalue weighted by Gasteiger charge is 2.21. The van der Waals surface area contributed by atoms with E-state index in [1.54, 1.807) is 18.2 Å². The third kappa shape index (κ3) is 2.83. The minimum atomic E-state index is -0.0000926. The summed E-state index contributed by atoms with van der Waals surface area (Å²) in [6.07, 6.45) is 1.94. The highest BCUT2D eigenvalue weighted by atomic mass is 16.1. The minimum Gasteiger partial charge on any atom is -0.325 e. The number of nitriles is 1. The zero-order valence-corrected chi connectivity index (χ0v) is 9.57. The standard InChI is InChI=1S/C13H15N3O/c14-8-10-4-1-2-6-12(10)16-13(17)11-5-3-7-15-9-11/h1-2,4,6,11,15H,3,5,7,9H2,(H,16,17)/t11-/m1/s1. The summed E-state index contributed by atoms with van der Waals surface area (Å²) in [5.74, 6) is 0.00963. The van der Waals surface area contributed by atoms with E-state index in [4.69, 9.17) is 5.26 Å². The number of nitrogens with zero attached hydrogens (tertiary/aromatic N) is 1. The first kappa shape index (κ1) is 11.6. The molecule has 0 bridgehead atoms. The van der Waals surface area contributed by atoms with Gasteiger partial charge in [0.05, 0.1) is 17.2 Å². The molecule has 4 heteroatoms. The monoisotopic (exact) mass is 229 g/mol. The number of benzene rings is 1. The summed E-state index contributed by atoms with van der Waals surface area (Å²) in [6.45, 7) is 1.71. The maximum atomic E-state index is 12.0. The van der Waals surface area contributed by atoms with Crippen LogP contribution in [0.3, 0.4) is 0 Å². The molecule has 1 aromatic rings. The molecule has 2 N–H and O–H groups in total. The predicted octanol–water partition coefficient (Wildman–Crippen LogP) is 1.50. The molecule has 4 nitrogen and oxygen atoms in total. The van der Waals surface area contributed by atoms with Crippen LogP contribution in [0.2, 0.25) is 0 Å². The van der Waals surface area contributed by atoms with Crippen LogP contribution < -0.4 is 10.6 Å². The highest BCUT2D eigenvalue weighted by Crippen LogP contribution is 2.17. The second-order valence-corrected chi connectivity index (χ2v) is 4.19. The third-order valence-corrected chi connectivity index (χ3v) is 2.97. The van der Waals surface area contributed by atoms with Gasteiger partial charge in [0.2, 0.25) is 5.91 Å². The van der Waals surface area contributed by atoms with Gasteiger partial charge in [-0.1, -0.05) is 12.1 Å². The maximum absolute atomic E-state index is 12.0. The Morgan fingerprint density at radius 1 is 1.47 bits per heavy atom. The topological polar surface area (TPSA) is 64.9 Å². The van der Waals surface area contributed by atoms with Gasteiger partial charge in [0.25, 0.3) is 0 Å². The Hall–Kier alpha value is -1.86. The first-order valence-corrected chi connectivity index (χ1v) is 5.82. The van der Waals surface area contributed by atoms with Crippen LogP contribution in [0, 0.1) is 17.2 Å². The van der Waals surface area contributed by atoms with E-state index in [2.05, 4.69) is 16.7 Å². The normalized spacial score (nSPS) is 19.4. The molecule has 17 heavy (non-hydrogen) atoms. The summed E-state index contributed by atoms with van der Waals surface area (Å²) in [6, 6.07) is 9.14. The lowest BCUT2D eigenvalue weighted by Gasteiger charge is -2.22. The van der Waals surface area contributed by atoms with Gasteiger partial charge in [0.1, 0.15) is 6.07 Å². The SMILES string of the molecule is N#Cc1ccccc1NC(=O)[C@@H]1CCCNC1. The molecule has 0 aliphatic carbocycles. The Balaban J connectivity index is 2.05. The molecule has 1 fully saturated rings. The molecule has 0 radical (unpaired) electrons. The largest absolute Gasteiger partial charge is 0.325 e. The van der Waals surface area contributed by atoms with Crippen molar-refractivity contribution in [3.63, 3.8) is 0 Å². The van der Waals surface area contributed by atoms with Crippen molar-refractivity contribution in [2.24, 2.45) is 5.92 Å². The second-order valence-electron chi connectivity index (χ2n) is 4.19. The van der Waals surface area contributed by atoms with Crippen molar-refractivity contribution in [1.29, 1.82) is 5.26 Å². The van der Waals surface area contributed by atoms with Crippen LogP contribution in [0.5, 0.6) is 0 Å². The van der Waals surface area contributed by atoms with Gasteiger partial charge in [-0.15, -0.1) is 0 Å². The lowest BCUT2D eigenvalue weighted by Crippen LogP contribution is -2.37. The van der Waals surface area contributed by atoms with Gasteiger partial charge in [-0.3, -0.25) is 4.79 Å². The molecule has 0 unspecified atom stereocenters. The van der Waals surface area contributed by atoms with E-state index < -0.39 is 0 Å². The fourth-order valence-corrected chi connectivity index (χ4v) is 2.00. The molecule has 1 aliphatic rings. The van der Waals surface area contributed by atoms with Crippen LogP contribution in [0.15, 0.2) is 24.3 Å². The fraction of sp³-hybridized carbons (Fsp3) is 0.385. The van der Waals surface area contributed by atoms with Gasteiger partial charge in [-0.25, -0.2) is 0 Å². The van der Waals surface area contributed by atoms with E-state index in [0.717, 1.165) is 25.9 Å². The number of anilines is 1. The smallest absolute Gasteiger partial charge is 0.228 e. The summed E-state index contributed by atoms with van der Waals surface area (Å²) in [5, 5.41) is 15.0. The summed E-state index contributed by atoms with van der Waals surface area (Å²) < 4.78 is 0. The van der Waals surface area contributed by atoms with Crippen molar-refractivity contribution >= 4 is 11.6 Å². The van der Waals surface area contributed by atoms with Gasteiger partial charge in [-0.05, 0) is 31.5 Å². The van der Waals surface area contributed by atoms with E-state index >= 15 is 0 Å². The molecule has 0 aromatic heterocycles. The predicted molar refractivity (Wildman–Crippen MR) is 65.4 cm³/mol. The molecule has 1 aliphatic heterocycles. The summed E-state index contributed by atoms with van der Waals surface area (Å²) in [4.78, 5) is 12.0. The molecule has 2 rings (SSSR count). The minimum absolute atomic E-state index is 0.0000926. The number of nitrogens with one attached hydrogen (secondary N) is 2. The Kier molecular flexibility index (Phi) is 3.73. The summed E-state index contributed by atoms with van der Waals surface area (Å²) in [5.41, 5.74) is 1.11. The number of carbonyl (C=O) groups is 1. The molecule has 1 atom stereocenters. The number of hydrogen-bond acceptors (Lipinski definition) is 3. The lowest BCUT2D eigenvalue weighted by atomic mass is 9.98. The molecule has 88 valence electrons. The van der Waals surface area contributed by atoms with Gasteiger partial charge < -0.3 is 10.6 Å². The van der Waals surface area contributed by atoms with E-state index in [1.165, 1.54) is 0 Å². The van der Waals surface area contributed by atoms with Crippen molar-refractivity contribution < 1.29 is 4.79 Å². The average molecular weight is 229 g/mol. The molecule has 0 saturated carbocycles. The van der Waals surface area contributed by atoms with Crippen LogP contribution >= 0.6 is 0 Å². The van der Waals surface area contributed by atoms with Crippen LogP contribution in [0.4, 0.5) is 5.69 Å². The van der Waals surface area contributed by atoms with Crippen LogP contribution in [-0.2, 0) is 4.79 Å². The molecule has 1 amide bonds. The average Bonchev–Trinajstić information content (AvgIpc) is 2.40. The third-order valence-electron chi connectivity index (χ3n) is 2.97. The Morgan fingerprint density at radius 3 is 3.00 bits per heavy atom. The van der Waals surface area contributed by atoms with E-state index in [1.807, 2.05) is 6.07 Å². The first-order valence-electron chi connectivity index (χ1n) is 5.82. The Labute approximate surface area is 101 Å². The van der Waals surface area contributed by atoms with Crippen LogP contribution in [0.1, 0.15) is 18.4 Å². The quantitative estimate of drug-likeness (QED) is 0.807. The molecule has 1 saturated heterocycles. The zero-order valence-electron chi connectivity index (χ0n) is 9.57. The fourth-order valence-electron chi connectivity index (χ4n) is 2.00. The van der Waals surface area contributed by atoms with Crippen molar-refractivity contribution in [3.05, 3.63) is 29.8 Å². The van der Waals surface area contributed by atoms with Gasteiger partial charge in [-0.2, -0.15) is 5.26 Å². The van der Waals surface area contributed by atoms with E-state index in [9.17, 15) is 4.79 Å². The van der Waals surface area contributed by atoms with E-state index in [0.29, 0.717) is 11.3 Å². The molecule has 1 aromatic carbocycles. The second kappa shape index (κ2) is 5.46. The Morgan fingerprint density at radius 2 is 2.29 bits per heavy atom. The maximum Gasteiger partial charge on any atom is 0.228 e. The number of rotatable bonds is 2. The molecule has 1 heterocycles. The summed E-state index contributed by atoms with van der Waals surface area (Å²) >= 11 is 0. The number of piperidine rings is 1. The number of carbonyl (C=O) groups excluding carboxylic acids is 1. The van der Waals surface area contributed by atoms with Crippen molar-refractivity contribution in [1.82, 2.24) is 5.32 Å². The number of para-hydroxylation sites is 1. The molecular formula is C13H15N3O. The first-order chi connectivity index (χ1) is 8.31. The van der Waals surface area contributed by atoms with Gasteiger partial charge >= 0.3 is 0 Å².